The van der Waals surface area contributed by atoms with Crippen molar-refractivity contribution in [2.45, 2.75) is 26.8 Å². The second-order valence-electron chi connectivity index (χ2n) is 5.81. The van der Waals surface area contributed by atoms with E-state index in [9.17, 15) is 0 Å². The van der Waals surface area contributed by atoms with Crippen molar-refractivity contribution in [2.75, 3.05) is 13.1 Å². The van der Waals surface area contributed by atoms with Gasteiger partial charge in [0.2, 0.25) is 0 Å². The van der Waals surface area contributed by atoms with Crippen molar-refractivity contribution in [3.8, 4) is 0 Å². The summed E-state index contributed by atoms with van der Waals surface area (Å²) in [5.74, 6) is 1.67. The zero-order valence-corrected chi connectivity index (χ0v) is 17.0. The molecule has 0 aliphatic rings. The predicted molar refractivity (Wildman–Crippen MR) is 114 cm³/mol. The fourth-order valence-electron chi connectivity index (χ4n) is 2.72. The first kappa shape index (κ1) is 19.4. The SMILES string of the molecule is CCNC(=NCc1ccco1)NCCc1c[nH]c2cc(C)ccc12.I. The first-order valence-corrected chi connectivity index (χ1v) is 8.37. The molecule has 0 saturated heterocycles. The largest absolute Gasteiger partial charge is 0.467 e. The van der Waals surface area contributed by atoms with Gasteiger partial charge in [0.25, 0.3) is 0 Å². The summed E-state index contributed by atoms with van der Waals surface area (Å²) < 4.78 is 5.32. The second kappa shape index (κ2) is 9.50. The lowest BCUT2D eigenvalue weighted by Crippen LogP contribution is -2.38. The van der Waals surface area contributed by atoms with Crippen molar-refractivity contribution in [1.82, 2.24) is 15.6 Å². The number of H-pyrrole nitrogens is 1. The van der Waals surface area contributed by atoms with Crippen LogP contribution in [0, 0.1) is 6.92 Å². The fraction of sp³-hybridized carbons (Fsp3) is 0.316. The average molecular weight is 452 g/mol. The quantitative estimate of drug-likeness (QED) is 0.301. The Morgan fingerprint density at radius 1 is 1.24 bits per heavy atom. The van der Waals surface area contributed by atoms with Gasteiger partial charge in [-0.15, -0.1) is 24.0 Å². The van der Waals surface area contributed by atoms with E-state index in [0.717, 1.165) is 31.2 Å². The van der Waals surface area contributed by atoms with E-state index in [-0.39, 0.29) is 24.0 Å². The molecule has 2 aromatic heterocycles. The molecule has 2 heterocycles. The molecule has 25 heavy (non-hydrogen) atoms. The standard InChI is InChI=1S/C19H24N4O.HI/c1-3-20-19(23-13-16-5-4-10-24-16)21-9-8-15-12-22-18-11-14(2)6-7-17(15)18;/h4-7,10-12,22H,3,8-9,13H2,1-2H3,(H2,20,21,23);1H. The van der Waals surface area contributed by atoms with Crippen molar-refractivity contribution in [1.29, 1.82) is 0 Å². The molecule has 3 N–H and O–H groups in total. The van der Waals surface area contributed by atoms with Crippen LogP contribution in [0.15, 0.2) is 52.2 Å². The van der Waals surface area contributed by atoms with Gasteiger partial charge in [-0.05, 0) is 49.6 Å². The molecule has 0 aliphatic heterocycles. The normalized spacial score (nSPS) is 11.4. The lowest BCUT2D eigenvalue weighted by atomic mass is 10.1. The zero-order chi connectivity index (χ0) is 16.8. The van der Waals surface area contributed by atoms with E-state index in [1.54, 1.807) is 6.26 Å². The molecule has 0 bridgehead atoms. The van der Waals surface area contributed by atoms with Crippen molar-refractivity contribution in [3.63, 3.8) is 0 Å². The molecular formula is C19H25IN4O. The second-order valence-corrected chi connectivity index (χ2v) is 5.81. The zero-order valence-electron chi connectivity index (χ0n) is 14.6. The number of aliphatic imine (C=N–C) groups is 1. The summed E-state index contributed by atoms with van der Waals surface area (Å²) in [4.78, 5) is 7.89. The molecule has 3 rings (SSSR count). The van der Waals surface area contributed by atoms with Gasteiger partial charge in [-0.3, -0.25) is 0 Å². The van der Waals surface area contributed by atoms with Crippen LogP contribution < -0.4 is 10.6 Å². The number of furan rings is 1. The Labute approximate surface area is 165 Å². The summed E-state index contributed by atoms with van der Waals surface area (Å²) in [6.07, 6.45) is 4.71. The van der Waals surface area contributed by atoms with Gasteiger partial charge in [0.1, 0.15) is 12.3 Å². The highest BCUT2D eigenvalue weighted by Crippen LogP contribution is 2.19. The monoisotopic (exact) mass is 452 g/mol. The van der Waals surface area contributed by atoms with Crippen molar-refractivity contribution < 1.29 is 4.42 Å². The molecule has 0 aliphatic carbocycles. The molecule has 0 saturated carbocycles. The van der Waals surface area contributed by atoms with Crippen LogP contribution >= 0.6 is 24.0 Å². The van der Waals surface area contributed by atoms with Crippen molar-refractivity contribution in [3.05, 3.63) is 59.7 Å². The third-order valence-electron chi connectivity index (χ3n) is 3.93. The summed E-state index contributed by atoms with van der Waals surface area (Å²) in [6.45, 7) is 6.36. The smallest absolute Gasteiger partial charge is 0.191 e. The van der Waals surface area contributed by atoms with Crippen molar-refractivity contribution >= 4 is 40.8 Å². The number of aromatic amines is 1. The highest BCUT2D eigenvalue weighted by molar-refractivity contribution is 14.0. The van der Waals surface area contributed by atoms with E-state index >= 15 is 0 Å². The maximum absolute atomic E-state index is 5.32. The topological polar surface area (TPSA) is 65.3 Å². The lowest BCUT2D eigenvalue weighted by Gasteiger charge is -2.10. The Hall–Kier alpha value is -1.96. The van der Waals surface area contributed by atoms with E-state index in [0.29, 0.717) is 6.54 Å². The summed E-state index contributed by atoms with van der Waals surface area (Å²) >= 11 is 0. The van der Waals surface area contributed by atoms with Gasteiger partial charge in [-0.2, -0.15) is 0 Å². The van der Waals surface area contributed by atoms with Gasteiger partial charge >= 0.3 is 0 Å². The van der Waals surface area contributed by atoms with Gasteiger partial charge in [0.15, 0.2) is 5.96 Å². The Morgan fingerprint density at radius 2 is 2.12 bits per heavy atom. The summed E-state index contributed by atoms with van der Waals surface area (Å²) in [5.41, 5.74) is 3.79. The van der Waals surface area contributed by atoms with Crippen LogP contribution in [0.25, 0.3) is 10.9 Å². The third kappa shape index (κ3) is 5.26. The molecule has 0 fully saturated rings. The lowest BCUT2D eigenvalue weighted by molar-refractivity contribution is 0.512. The fourth-order valence-corrected chi connectivity index (χ4v) is 2.72. The maximum Gasteiger partial charge on any atom is 0.191 e. The highest BCUT2D eigenvalue weighted by Gasteiger charge is 2.04. The van der Waals surface area contributed by atoms with E-state index in [4.69, 9.17) is 4.42 Å². The number of rotatable bonds is 6. The van der Waals surface area contributed by atoms with Crippen LogP contribution in [0.5, 0.6) is 0 Å². The molecule has 6 heteroatoms. The minimum absolute atomic E-state index is 0. The Kier molecular flexibility index (Phi) is 7.36. The predicted octanol–water partition coefficient (Wildman–Crippen LogP) is 3.99. The summed E-state index contributed by atoms with van der Waals surface area (Å²) in [5, 5.41) is 7.93. The first-order chi connectivity index (χ1) is 11.8. The average Bonchev–Trinajstić information content (AvgIpc) is 3.22. The molecule has 0 radical (unpaired) electrons. The molecule has 1 aromatic carbocycles. The number of fused-ring (bicyclic) bond motifs is 1. The molecule has 0 atom stereocenters. The van der Waals surface area contributed by atoms with Crippen LogP contribution in [0.1, 0.15) is 23.8 Å². The van der Waals surface area contributed by atoms with E-state index in [1.807, 2.05) is 12.1 Å². The Balaban J connectivity index is 0.00000225. The molecule has 0 unspecified atom stereocenters. The number of halogens is 1. The van der Waals surface area contributed by atoms with Crippen LogP contribution in [-0.2, 0) is 13.0 Å². The van der Waals surface area contributed by atoms with Crippen molar-refractivity contribution in [2.24, 2.45) is 4.99 Å². The van der Waals surface area contributed by atoms with E-state index in [2.05, 4.69) is 58.9 Å². The van der Waals surface area contributed by atoms with E-state index in [1.165, 1.54) is 22.0 Å². The molecule has 3 aromatic rings. The number of benzene rings is 1. The molecule has 5 nitrogen and oxygen atoms in total. The van der Waals surface area contributed by atoms with Gasteiger partial charge in [0.05, 0.1) is 6.26 Å². The summed E-state index contributed by atoms with van der Waals surface area (Å²) in [7, 11) is 0. The number of hydrogen-bond donors (Lipinski definition) is 3. The molecule has 0 amide bonds. The Bertz CT molecular complexity index is 808. The number of nitrogens with one attached hydrogen (secondary N) is 3. The Morgan fingerprint density at radius 3 is 2.88 bits per heavy atom. The first-order valence-electron chi connectivity index (χ1n) is 8.37. The van der Waals surface area contributed by atoms with Gasteiger partial charge in [-0.1, -0.05) is 12.1 Å². The summed E-state index contributed by atoms with van der Waals surface area (Å²) in [6, 6.07) is 10.3. The number of aromatic nitrogens is 1. The number of hydrogen-bond acceptors (Lipinski definition) is 2. The molecule has 0 spiro atoms. The molecular weight excluding hydrogens is 427 g/mol. The highest BCUT2D eigenvalue weighted by atomic mass is 127. The van der Waals surface area contributed by atoms with Crippen LogP contribution in [0.4, 0.5) is 0 Å². The number of aryl methyl sites for hydroxylation is 1. The van der Waals surface area contributed by atoms with E-state index < -0.39 is 0 Å². The van der Waals surface area contributed by atoms with Gasteiger partial charge in [0, 0.05) is 30.2 Å². The third-order valence-corrected chi connectivity index (χ3v) is 3.93. The van der Waals surface area contributed by atoms with Gasteiger partial charge < -0.3 is 20.0 Å². The molecule has 134 valence electrons. The maximum atomic E-state index is 5.32. The number of nitrogens with zero attached hydrogens (tertiary/aromatic N) is 1. The minimum Gasteiger partial charge on any atom is -0.467 e. The van der Waals surface area contributed by atoms with Crippen LogP contribution in [0.3, 0.4) is 0 Å². The van der Waals surface area contributed by atoms with Gasteiger partial charge in [-0.25, -0.2) is 4.99 Å². The van der Waals surface area contributed by atoms with Crippen LogP contribution in [0.2, 0.25) is 0 Å². The minimum atomic E-state index is 0. The van der Waals surface area contributed by atoms with Crippen LogP contribution in [-0.4, -0.2) is 24.0 Å². The number of guanidine groups is 1.